The van der Waals surface area contributed by atoms with E-state index in [-0.39, 0.29) is 11.6 Å². The fourth-order valence-electron chi connectivity index (χ4n) is 2.62. The molecule has 0 saturated carbocycles. The highest BCUT2D eigenvalue weighted by Crippen LogP contribution is 2.23. The molecule has 0 aliphatic rings. The van der Waals surface area contributed by atoms with E-state index in [9.17, 15) is 14.9 Å². The molecule has 138 valence electrons. The normalized spacial score (nSPS) is 11.6. The van der Waals surface area contributed by atoms with E-state index < -0.39 is 4.92 Å². The van der Waals surface area contributed by atoms with Crippen molar-refractivity contribution >= 4 is 38.8 Å². The van der Waals surface area contributed by atoms with Crippen molar-refractivity contribution < 1.29 is 9.72 Å². The number of allylic oxidation sites excluding steroid dienone is 1. The number of anilines is 1. The van der Waals surface area contributed by atoms with E-state index in [0.717, 1.165) is 11.2 Å². The molecule has 0 saturated heterocycles. The van der Waals surface area contributed by atoms with Gasteiger partial charge in [0, 0.05) is 44.0 Å². The Morgan fingerprint density at radius 1 is 1.30 bits per heavy atom. The van der Waals surface area contributed by atoms with Gasteiger partial charge in [0.15, 0.2) is 4.80 Å². The number of hydrogen-bond donors (Lipinski definition) is 0. The van der Waals surface area contributed by atoms with E-state index in [1.54, 1.807) is 24.3 Å². The summed E-state index contributed by atoms with van der Waals surface area (Å²) >= 11 is 1.24. The number of carbonyl (C=O) groups excluding carboxylic acids is 1. The van der Waals surface area contributed by atoms with Gasteiger partial charge in [0.1, 0.15) is 0 Å². The monoisotopic (exact) mass is 382 g/mol. The lowest BCUT2D eigenvalue weighted by molar-refractivity contribution is -0.384. The summed E-state index contributed by atoms with van der Waals surface area (Å²) in [5.41, 5.74) is 2.25. The molecule has 7 nitrogen and oxygen atoms in total. The molecule has 27 heavy (non-hydrogen) atoms. The van der Waals surface area contributed by atoms with Gasteiger partial charge in [-0.3, -0.25) is 14.9 Å². The number of benzene rings is 2. The second kappa shape index (κ2) is 7.55. The molecule has 1 aromatic heterocycles. The van der Waals surface area contributed by atoms with Crippen LogP contribution < -0.4 is 9.70 Å². The fraction of sp³-hybridized carbons (Fsp3) is 0.158. The Morgan fingerprint density at radius 2 is 2.00 bits per heavy atom. The van der Waals surface area contributed by atoms with Crippen LogP contribution >= 0.6 is 11.3 Å². The van der Waals surface area contributed by atoms with Crippen molar-refractivity contribution in [2.45, 2.75) is 6.54 Å². The van der Waals surface area contributed by atoms with Crippen molar-refractivity contribution in [3.8, 4) is 0 Å². The zero-order chi connectivity index (χ0) is 19.6. The van der Waals surface area contributed by atoms with Crippen molar-refractivity contribution in [1.29, 1.82) is 0 Å². The topological polar surface area (TPSA) is 80.7 Å². The molecule has 0 atom stereocenters. The summed E-state index contributed by atoms with van der Waals surface area (Å²) < 4.78 is 2.52. The van der Waals surface area contributed by atoms with Crippen LogP contribution in [0, 0.1) is 10.1 Å². The van der Waals surface area contributed by atoms with Crippen LogP contribution in [0.4, 0.5) is 11.4 Å². The van der Waals surface area contributed by atoms with Crippen molar-refractivity contribution in [2.75, 3.05) is 19.0 Å². The lowest BCUT2D eigenvalue weighted by Gasteiger charge is -2.11. The van der Waals surface area contributed by atoms with Crippen molar-refractivity contribution in [2.24, 2.45) is 4.99 Å². The van der Waals surface area contributed by atoms with E-state index in [2.05, 4.69) is 11.6 Å². The van der Waals surface area contributed by atoms with Gasteiger partial charge in [-0.1, -0.05) is 17.4 Å². The molecule has 1 heterocycles. The zero-order valence-electron chi connectivity index (χ0n) is 15.0. The van der Waals surface area contributed by atoms with Gasteiger partial charge in [-0.25, -0.2) is 0 Å². The van der Waals surface area contributed by atoms with Crippen LogP contribution in [0.25, 0.3) is 10.2 Å². The SMILES string of the molecule is C=CCn1c(=NC(=O)c2ccc(N(C)C)cc2)sc2cc([N+](=O)[O-])ccc21. The molecule has 0 bridgehead atoms. The molecule has 8 heteroatoms. The maximum absolute atomic E-state index is 12.6. The second-order valence-electron chi connectivity index (χ2n) is 6.05. The number of thiazole rings is 1. The highest BCUT2D eigenvalue weighted by Gasteiger charge is 2.13. The number of hydrogen-bond acceptors (Lipinski definition) is 5. The number of fused-ring (bicyclic) bond motifs is 1. The number of nitrogens with zero attached hydrogens (tertiary/aromatic N) is 4. The minimum Gasteiger partial charge on any atom is -0.378 e. The van der Waals surface area contributed by atoms with Gasteiger partial charge in [-0.2, -0.15) is 4.99 Å². The molecule has 2 aromatic carbocycles. The van der Waals surface area contributed by atoms with Crippen molar-refractivity contribution in [3.05, 3.63) is 75.6 Å². The van der Waals surface area contributed by atoms with Gasteiger partial charge in [0.25, 0.3) is 11.6 Å². The predicted molar refractivity (Wildman–Crippen MR) is 107 cm³/mol. The lowest BCUT2D eigenvalue weighted by atomic mass is 10.2. The number of rotatable bonds is 5. The Bertz CT molecular complexity index is 1090. The highest BCUT2D eigenvalue weighted by atomic mass is 32.1. The van der Waals surface area contributed by atoms with Crippen LogP contribution in [-0.2, 0) is 6.54 Å². The maximum atomic E-state index is 12.6. The first kappa shape index (κ1) is 18.5. The number of nitro benzene ring substituents is 1. The van der Waals surface area contributed by atoms with Crippen LogP contribution in [0.1, 0.15) is 10.4 Å². The average molecular weight is 382 g/mol. The molecule has 0 aliphatic heterocycles. The molecule has 1 amide bonds. The molecule has 0 spiro atoms. The first-order chi connectivity index (χ1) is 12.9. The van der Waals surface area contributed by atoms with E-state index in [4.69, 9.17) is 0 Å². The van der Waals surface area contributed by atoms with Crippen LogP contribution in [0.15, 0.2) is 60.1 Å². The molecule has 0 aliphatic carbocycles. The molecular formula is C19H18N4O3S. The third kappa shape index (κ3) is 3.80. The van der Waals surface area contributed by atoms with Crippen molar-refractivity contribution in [1.82, 2.24) is 4.57 Å². The van der Waals surface area contributed by atoms with E-state index in [0.29, 0.717) is 21.6 Å². The summed E-state index contributed by atoms with van der Waals surface area (Å²) in [6.45, 7) is 4.18. The lowest BCUT2D eigenvalue weighted by Crippen LogP contribution is -2.16. The van der Waals surface area contributed by atoms with Crippen LogP contribution in [0.3, 0.4) is 0 Å². The Kier molecular flexibility index (Phi) is 5.18. The molecular weight excluding hydrogens is 364 g/mol. The first-order valence-electron chi connectivity index (χ1n) is 8.16. The number of carbonyl (C=O) groups is 1. The fourth-order valence-corrected chi connectivity index (χ4v) is 3.69. The number of nitro groups is 1. The summed E-state index contributed by atoms with van der Waals surface area (Å²) in [4.78, 5) is 29.8. The van der Waals surface area contributed by atoms with Crippen LogP contribution in [-0.4, -0.2) is 29.5 Å². The van der Waals surface area contributed by atoms with Gasteiger partial charge in [-0.05, 0) is 30.3 Å². The average Bonchev–Trinajstić information content (AvgIpc) is 2.98. The molecule has 0 radical (unpaired) electrons. The number of amides is 1. The van der Waals surface area contributed by atoms with E-state index in [1.165, 1.54) is 23.5 Å². The molecule has 0 N–H and O–H groups in total. The largest absolute Gasteiger partial charge is 0.378 e. The maximum Gasteiger partial charge on any atom is 0.279 e. The van der Waals surface area contributed by atoms with Gasteiger partial charge < -0.3 is 9.47 Å². The van der Waals surface area contributed by atoms with E-state index >= 15 is 0 Å². The molecule has 3 rings (SSSR count). The van der Waals surface area contributed by atoms with E-state index in [1.807, 2.05) is 35.7 Å². The summed E-state index contributed by atoms with van der Waals surface area (Å²) in [7, 11) is 3.85. The van der Waals surface area contributed by atoms with Crippen LogP contribution in [0.5, 0.6) is 0 Å². The molecule has 0 unspecified atom stereocenters. The molecule has 3 aromatic rings. The summed E-state index contributed by atoms with van der Waals surface area (Å²) in [6, 6.07) is 11.8. The smallest absolute Gasteiger partial charge is 0.279 e. The van der Waals surface area contributed by atoms with Gasteiger partial charge in [0.2, 0.25) is 0 Å². The van der Waals surface area contributed by atoms with Gasteiger partial charge in [0.05, 0.1) is 15.1 Å². The van der Waals surface area contributed by atoms with Gasteiger partial charge in [-0.15, -0.1) is 6.58 Å². The Balaban J connectivity index is 2.08. The quantitative estimate of drug-likeness (QED) is 0.384. The van der Waals surface area contributed by atoms with Gasteiger partial charge >= 0.3 is 0 Å². The molecule has 0 fully saturated rings. The second-order valence-corrected chi connectivity index (χ2v) is 7.06. The Labute approximate surface area is 159 Å². The summed E-state index contributed by atoms with van der Waals surface area (Å²) in [5.74, 6) is -0.362. The Morgan fingerprint density at radius 3 is 2.59 bits per heavy atom. The highest BCUT2D eigenvalue weighted by molar-refractivity contribution is 7.16. The van der Waals surface area contributed by atoms with Crippen LogP contribution in [0.2, 0.25) is 0 Å². The standard InChI is InChI=1S/C19H18N4O3S/c1-4-11-22-16-10-9-15(23(25)26)12-17(16)27-19(22)20-18(24)13-5-7-14(8-6-13)21(2)3/h4-10,12H,1,11H2,2-3H3. The first-order valence-corrected chi connectivity index (χ1v) is 8.97. The number of aromatic nitrogens is 1. The third-order valence-corrected chi connectivity index (χ3v) is 5.06. The number of non-ortho nitro benzene ring substituents is 1. The van der Waals surface area contributed by atoms with Crippen molar-refractivity contribution in [3.63, 3.8) is 0 Å². The summed E-state index contributed by atoms with van der Waals surface area (Å²) in [5, 5.41) is 11.0. The zero-order valence-corrected chi connectivity index (χ0v) is 15.8. The summed E-state index contributed by atoms with van der Waals surface area (Å²) in [6.07, 6.45) is 1.70. The predicted octanol–water partition coefficient (Wildman–Crippen LogP) is 3.60. The third-order valence-electron chi connectivity index (χ3n) is 4.02. The Hall–Kier alpha value is -3.26. The minimum atomic E-state index is -0.439. The minimum absolute atomic E-state index is 0.00616.